The predicted octanol–water partition coefficient (Wildman–Crippen LogP) is 4.06. The van der Waals surface area contributed by atoms with Crippen LogP contribution in [0.5, 0.6) is 0 Å². The van der Waals surface area contributed by atoms with Crippen LogP contribution in [0.4, 0.5) is 17.3 Å². The Kier molecular flexibility index (Phi) is 7.75. The molecule has 0 amide bonds. The van der Waals surface area contributed by atoms with E-state index in [2.05, 4.69) is 31.6 Å². The summed E-state index contributed by atoms with van der Waals surface area (Å²) >= 11 is 6.05. The fraction of sp³-hybridized carbons (Fsp3) is 0.438. The number of aliphatic hydroxyl groups is 2. The number of hydrogen-bond donors (Lipinski definition) is 4. The molecule has 4 aromatic rings. The van der Waals surface area contributed by atoms with Gasteiger partial charge >= 0.3 is 0 Å². The quantitative estimate of drug-likeness (QED) is 0.259. The molecule has 7 rings (SSSR count). The minimum absolute atomic E-state index is 0.210. The average Bonchev–Trinajstić information content (AvgIpc) is 3.45. The molecule has 226 valence electrons. The molecule has 0 bridgehead atoms. The topological polar surface area (TPSA) is 110 Å². The van der Waals surface area contributed by atoms with Gasteiger partial charge in [0.15, 0.2) is 5.65 Å². The molecule has 3 aliphatic rings. The molecule has 3 saturated heterocycles. The Labute approximate surface area is 256 Å². The van der Waals surface area contributed by atoms with E-state index < -0.39 is 11.8 Å². The second-order valence-corrected chi connectivity index (χ2v) is 12.5. The Morgan fingerprint density at radius 3 is 2.53 bits per heavy atom. The number of ether oxygens (including phenoxy) is 1. The lowest BCUT2D eigenvalue weighted by molar-refractivity contribution is -0.155. The van der Waals surface area contributed by atoms with Crippen LogP contribution < -0.4 is 15.5 Å². The van der Waals surface area contributed by atoms with Crippen molar-refractivity contribution in [2.45, 2.75) is 43.1 Å². The Bertz CT molecular complexity index is 1540. The molecule has 1 spiro atoms. The highest BCUT2D eigenvalue weighted by molar-refractivity contribution is 6.30. The number of aromatic nitrogens is 3. The van der Waals surface area contributed by atoms with Crippen molar-refractivity contribution in [2.75, 3.05) is 56.1 Å². The molecular weight excluding hydrogens is 566 g/mol. The third-order valence-electron chi connectivity index (χ3n) is 9.18. The summed E-state index contributed by atoms with van der Waals surface area (Å²) in [7, 11) is 0. The summed E-state index contributed by atoms with van der Waals surface area (Å²) in [6.07, 6.45) is 4.53. The summed E-state index contributed by atoms with van der Waals surface area (Å²) in [5.74, 6) is 0.496. The monoisotopic (exact) mass is 603 g/mol. The maximum Gasteiger partial charge on any atom is 0.247 e. The second kappa shape index (κ2) is 11.7. The van der Waals surface area contributed by atoms with E-state index in [1.807, 2.05) is 60.8 Å². The highest BCUT2D eigenvalue weighted by atomic mass is 35.5. The van der Waals surface area contributed by atoms with Crippen LogP contribution in [-0.4, -0.2) is 81.2 Å². The van der Waals surface area contributed by atoms with Gasteiger partial charge in [0.1, 0.15) is 6.23 Å². The van der Waals surface area contributed by atoms with Crippen LogP contribution in [0.15, 0.2) is 66.9 Å². The highest BCUT2D eigenvalue weighted by Crippen LogP contribution is 2.36. The molecule has 3 fully saturated rings. The van der Waals surface area contributed by atoms with E-state index in [0.29, 0.717) is 56.6 Å². The summed E-state index contributed by atoms with van der Waals surface area (Å²) in [6, 6.07) is 19.3. The van der Waals surface area contributed by atoms with E-state index in [1.165, 1.54) is 0 Å². The van der Waals surface area contributed by atoms with Crippen LogP contribution in [0.1, 0.15) is 43.0 Å². The fourth-order valence-corrected chi connectivity index (χ4v) is 6.84. The number of anilines is 3. The van der Waals surface area contributed by atoms with E-state index in [1.54, 1.807) is 4.52 Å². The van der Waals surface area contributed by atoms with Gasteiger partial charge in [-0.2, -0.15) is 4.98 Å². The van der Waals surface area contributed by atoms with E-state index in [4.69, 9.17) is 21.3 Å². The molecule has 2 unspecified atom stereocenters. The van der Waals surface area contributed by atoms with Gasteiger partial charge in [0.25, 0.3) is 0 Å². The maximum absolute atomic E-state index is 11.3. The molecule has 0 saturated carbocycles. The molecule has 10 nitrogen and oxygen atoms in total. The van der Waals surface area contributed by atoms with Crippen molar-refractivity contribution in [2.24, 2.45) is 0 Å². The lowest BCUT2D eigenvalue weighted by Crippen LogP contribution is -2.59. The Morgan fingerprint density at radius 2 is 1.79 bits per heavy atom. The zero-order valence-corrected chi connectivity index (χ0v) is 24.9. The number of benzene rings is 2. The number of aliphatic hydroxyl groups excluding tert-OH is 1. The van der Waals surface area contributed by atoms with Crippen LogP contribution in [0, 0.1) is 0 Å². The first-order valence-electron chi connectivity index (χ1n) is 15.1. The van der Waals surface area contributed by atoms with Crippen molar-refractivity contribution >= 4 is 34.6 Å². The molecule has 0 aliphatic carbocycles. The highest BCUT2D eigenvalue weighted by Gasteiger charge is 2.40. The molecule has 43 heavy (non-hydrogen) atoms. The van der Waals surface area contributed by atoms with E-state index in [0.717, 1.165) is 54.1 Å². The number of nitrogens with one attached hydrogen (secondary N) is 2. The summed E-state index contributed by atoms with van der Waals surface area (Å²) in [5, 5.41) is 34.6. The largest absolute Gasteiger partial charge is 0.385 e. The zero-order valence-electron chi connectivity index (χ0n) is 24.1. The zero-order chi connectivity index (χ0) is 29.4. The lowest BCUT2D eigenvalue weighted by Gasteiger charge is -2.46. The third kappa shape index (κ3) is 5.83. The fourth-order valence-electron chi connectivity index (χ4n) is 6.72. The molecule has 3 aliphatic heterocycles. The second-order valence-electron chi connectivity index (χ2n) is 12.0. The van der Waals surface area contributed by atoms with Gasteiger partial charge in [-0.1, -0.05) is 35.9 Å². The molecule has 11 heteroatoms. The van der Waals surface area contributed by atoms with Crippen LogP contribution in [0.25, 0.3) is 5.65 Å². The van der Waals surface area contributed by atoms with E-state index in [-0.39, 0.29) is 5.60 Å². The molecule has 2 atom stereocenters. The first-order chi connectivity index (χ1) is 20.9. The van der Waals surface area contributed by atoms with Crippen molar-refractivity contribution in [3.8, 4) is 0 Å². The number of halogens is 1. The van der Waals surface area contributed by atoms with Crippen molar-refractivity contribution in [1.82, 2.24) is 24.8 Å². The maximum atomic E-state index is 11.3. The van der Waals surface area contributed by atoms with Crippen molar-refractivity contribution in [3.63, 3.8) is 0 Å². The van der Waals surface area contributed by atoms with Crippen LogP contribution in [0.2, 0.25) is 5.02 Å². The van der Waals surface area contributed by atoms with Gasteiger partial charge in [-0.15, -0.1) is 5.10 Å². The Balaban J connectivity index is 1.02. The number of piperidine rings is 2. The molecular formula is C32H38ClN7O3. The molecule has 2 aromatic carbocycles. The third-order valence-corrected chi connectivity index (χ3v) is 9.43. The molecule has 0 radical (unpaired) electrons. The van der Waals surface area contributed by atoms with Crippen LogP contribution in [-0.2, 0) is 10.3 Å². The first-order valence-corrected chi connectivity index (χ1v) is 15.5. The number of fused-ring (bicyclic) bond motifs is 1. The molecule has 4 N–H and O–H groups in total. The average molecular weight is 604 g/mol. The molecule has 2 aromatic heterocycles. The lowest BCUT2D eigenvalue weighted by atomic mass is 9.84. The van der Waals surface area contributed by atoms with Gasteiger partial charge in [0.05, 0.1) is 23.5 Å². The first kappa shape index (κ1) is 28.5. The van der Waals surface area contributed by atoms with Gasteiger partial charge in [0, 0.05) is 49.6 Å². The van der Waals surface area contributed by atoms with E-state index in [9.17, 15) is 10.2 Å². The van der Waals surface area contributed by atoms with Gasteiger partial charge in [0.2, 0.25) is 5.95 Å². The summed E-state index contributed by atoms with van der Waals surface area (Å²) in [6.45, 7) is 5.28. The predicted molar refractivity (Wildman–Crippen MR) is 167 cm³/mol. The van der Waals surface area contributed by atoms with Gasteiger partial charge < -0.3 is 30.5 Å². The molecule has 5 heterocycles. The SMILES string of the molecule is OC(c1ccc(Nc2nc3c(N4CCC(O)(c5ccc(Cl)cc5)CC4)cccn3n2)cc1)N1CCOC2(CCCNC2)C1. The smallest absolute Gasteiger partial charge is 0.247 e. The minimum atomic E-state index is -0.872. The van der Waals surface area contributed by atoms with Gasteiger partial charge in [-0.05, 0) is 79.8 Å². The van der Waals surface area contributed by atoms with Crippen molar-refractivity contribution < 1.29 is 14.9 Å². The van der Waals surface area contributed by atoms with Crippen LogP contribution >= 0.6 is 11.6 Å². The van der Waals surface area contributed by atoms with Gasteiger partial charge in [-0.3, -0.25) is 4.90 Å². The Morgan fingerprint density at radius 1 is 1.00 bits per heavy atom. The number of morpholine rings is 1. The summed E-state index contributed by atoms with van der Waals surface area (Å²) in [4.78, 5) is 9.18. The number of pyridine rings is 1. The number of hydrogen-bond acceptors (Lipinski definition) is 9. The van der Waals surface area contributed by atoms with Crippen LogP contribution in [0.3, 0.4) is 0 Å². The number of rotatable bonds is 6. The standard InChI is InChI=1S/C32H38ClN7O3/c33-25-8-6-24(7-9-25)32(42)13-17-38(18-14-32)27-3-1-16-40-28(27)36-30(37-40)35-26-10-4-23(5-11-26)29(41)39-19-20-43-31(22-39)12-2-15-34-21-31/h1,3-11,16,29,34,41-42H,2,12-15,17-22H2,(H,35,37). The summed E-state index contributed by atoms with van der Waals surface area (Å²) < 4.78 is 7.93. The van der Waals surface area contributed by atoms with Crippen molar-refractivity contribution in [1.29, 1.82) is 0 Å². The number of nitrogens with zero attached hydrogens (tertiary/aromatic N) is 5. The van der Waals surface area contributed by atoms with Gasteiger partial charge in [-0.25, -0.2) is 4.52 Å². The summed E-state index contributed by atoms with van der Waals surface area (Å²) in [5.41, 5.74) is 3.25. The van der Waals surface area contributed by atoms with Crippen molar-refractivity contribution in [3.05, 3.63) is 83.0 Å². The van der Waals surface area contributed by atoms with E-state index >= 15 is 0 Å². The Hall–Kier alpha value is -3.25. The normalized spacial score (nSPS) is 23.5. The minimum Gasteiger partial charge on any atom is -0.385 e.